The van der Waals surface area contributed by atoms with E-state index in [1.807, 2.05) is 30.3 Å². The van der Waals surface area contributed by atoms with Crippen molar-refractivity contribution in [2.75, 3.05) is 36.2 Å². The van der Waals surface area contributed by atoms with Crippen molar-refractivity contribution in [3.05, 3.63) is 107 Å². The number of hydrogen-bond donors (Lipinski definition) is 2. The van der Waals surface area contributed by atoms with Crippen molar-refractivity contribution in [2.24, 2.45) is 5.41 Å². The van der Waals surface area contributed by atoms with E-state index in [0.717, 1.165) is 34.9 Å². The lowest BCUT2D eigenvalue weighted by Crippen LogP contribution is -2.58. The zero-order chi connectivity index (χ0) is 48.3. The van der Waals surface area contributed by atoms with Crippen LogP contribution in [0.2, 0.25) is 0 Å². The number of carbonyl (C=O) groups is 4. The summed E-state index contributed by atoms with van der Waals surface area (Å²) in [7, 11) is 0. The SMILES string of the molecule is CC(C)(C)[C@H](NC(=O)COCCOc1ccc(-c2ncc(N3C(=S)N(c4ccc(C#N)c(C(F)(F)F)c4F)C(=O)C3(C)C)cc2F)cc1F)C(=O)N1CCC[C@H]1C(=O)NCc1ccccc1. The molecule has 4 amide bonds. The number of thiocarbonyl (C=S) groups is 1. The Morgan fingerprint density at radius 2 is 1.71 bits per heavy atom. The van der Waals surface area contributed by atoms with Crippen LogP contribution in [0, 0.1) is 34.2 Å². The van der Waals surface area contributed by atoms with Crippen LogP contribution in [-0.4, -0.2) is 82.6 Å². The number of ether oxygens (including phenoxy) is 2. The molecule has 1 aromatic heterocycles. The summed E-state index contributed by atoms with van der Waals surface area (Å²) in [4.78, 5) is 60.7. The number of likely N-dealkylation sites (tertiary alicyclic amines) is 1. The molecule has 6 rings (SSSR count). The molecule has 13 nitrogen and oxygen atoms in total. The predicted molar refractivity (Wildman–Crippen MR) is 233 cm³/mol. The van der Waals surface area contributed by atoms with Crippen LogP contribution in [0.25, 0.3) is 11.3 Å². The van der Waals surface area contributed by atoms with Crippen LogP contribution in [0.3, 0.4) is 0 Å². The van der Waals surface area contributed by atoms with E-state index in [1.165, 1.54) is 36.9 Å². The van der Waals surface area contributed by atoms with Crippen molar-refractivity contribution >= 4 is 52.3 Å². The van der Waals surface area contributed by atoms with Crippen LogP contribution in [-0.2, 0) is 36.6 Å². The lowest BCUT2D eigenvalue weighted by atomic mass is 9.85. The van der Waals surface area contributed by atoms with Gasteiger partial charge >= 0.3 is 6.18 Å². The molecule has 0 radical (unpaired) electrons. The number of benzene rings is 3. The van der Waals surface area contributed by atoms with Gasteiger partial charge in [-0.15, -0.1) is 0 Å². The topological polar surface area (TPSA) is 157 Å². The van der Waals surface area contributed by atoms with Crippen molar-refractivity contribution in [1.29, 1.82) is 5.26 Å². The normalized spacial score (nSPS) is 16.6. The lowest BCUT2D eigenvalue weighted by Gasteiger charge is -2.35. The highest BCUT2D eigenvalue weighted by atomic mass is 32.1. The fourth-order valence-corrected chi connectivity index (χ4v) is 8.19. The molecule has 2 saturated heterocycles. The second-order valence-electron chi connectivity index (χ2n) is 17.1. The van der Waals surface area contributed by atoms with Crippen LogP contribution >= 0.6 is 12.2 Å². The first kappa shape index (κ1) is 48.9. The molecule has 20 heteroatoms. The molecule has 0 bridgehead atoms. The fraction of sp³-hybridized carbons (Fsp3) is 0.370. The minimum atomic E-state index is -5.28. The smallest absolute Gasteiger partial charge is 0.420 e. The Bertz CT molecular complexity index is 2580. The van der Waals surface area contributed by atoms with Crippen LogP contribution in [0.1, 0.15) is 64.2 Å². The zero-order valence-corrected chi connectivity index (χ0v) is 37.2. The minimum Gasteiger partial charge on any atom is -0.488 e. The molecule has 4 aromatic rings. The number of nitrogens with zero attached hydrogens (tertiary/aromatic N) is 5. The molecule has 0 unspecified atom stereocenters. The average Bonchev–Trinajstić information content (AvgIpc) is 3.81. The van der Waals surface area contributed by atoms with Crippen LogP contribution in [0.15, 0.2) is 72.9 Å². The van der Waals surface area contributed by atoms with Crippen molar-refractivity contribution < 1.29 is 55.0 Å². The number of alkyl halides is 3. The van der Waals surface area contributed by atoms with E-state index < -0.39 is 92.9 Å². The van der Waals surface area contributed by atoms with Gasteiger partial charge < -0.3 is 29.9 Å². The molecule has 2 N–H and O–H groups in total. The average molecular weight is 938 g/mol. The van der Waals surface area contributed by atoms with Gasteiger partial charge in [0.1, 0.15) is 42.1 Å². The zero-order valence-electron chi connectivity index (χ0n) is 36.4. The molecule has 2 fully saturated rings. The number of amides is 4. The van der Waals surface area contributed by atoms with Gasteiger partial charge in [-0.3, -0.25) is 29.1 Å². The van der Waals surface area contributed by atoms with E-state index in [0.29, 0.717) is 36.9 Å². The Kier molecular flexibility index (Phi) is 14.4. The number of hydrogen-bond acceptors (Lipinski definition) is 9. The van der Waals surface area contributed by atoms with Gasteiger partial charge in [-0.05, 0) is 80.2 Å². The largest absolute Gasteiger partial charge is 0.488 e. The summed E-state index contributed by atoms with van der Waals surface area (Å²) >= 11 is 5.41. The number of rotatable bonds is 14. The van der Waals surface area contributed by atoms with E-state index in [2.05, 4.69) is 15.6 Å². The molecule has 2 aliphatic heterocycles. The third kappa shape index (κ3) is 10.3. The number of nitriles is 1. The first-order valence-electron chi connectivity index (χ1n) is 20.6. The molecule has 3 heterocycles. The molecule has 0 spiro atoms. The summed E-state index contributed by atoms with van der Waals surface area (Å²) in [6, 6.07) is 15.0. The first-order chi connectivity index (χ1) is 31.1. The van der Waals surface area contributed by atoms with E-state index in [9.17, 15) is 32.3 Å². The highest BCUT2D eigenvalue weighted by Crippen LogP contribution is 2.42. The summed E-state index contributed by atoms with van der Waals surface area (Å²) in [5.74, 6) is -6.24. The highest BCUT2D eigenvalue weighted by Gasteiger charge is 2.52. The Hall–Kier alpha value is -6.59. The fourth-order valence-electron chi connectivity index (χ4n) is 7.68. The van der Waals surface area contributed by atoms with Crippen LogP contribution in [0.4, 0.5) is 37.7 Å². The van der Waals surface area contributed by atoms with E-state index in [-0.39, 0.29) is 41.8 Å². The van der Waals surface area contributed by atoms with Gasteiger partial charge in [0.25, 0.3) is 5.91 Å². The summed E-state index contributed by atoms with van der Waals surface area (Å²) in [5.41, 5.74) is -5.69. The molecule has 2 aliphatic rings. The Morgan fingerprint density at radius 3 is 2.35 bits per heavy atom. The van der Waals surface area contributed by atoms with E-state index in [4.69, 9.17) is 27.0 Å². The van der Waals surface area contributed by atoms with Gasteiger partial charge in [-0.1, -0.05) is 51.1 Å². The molecular weight excluding hydrogens is 893 g/mol. The Morgan fingerprint density at radius 1 is 1.00 bits per heavy atom. The Labute approximate surface area is 381 Å². The molecule has 2 atom stereocenters. The highest BCUT2D eigenvalue weighted by molar-refractivity contribution is 7.81. The number of nitrogens with one attached hydrogen (secondary N) is 2. The standard InChI is InChI=1S/C46H45F6N7O6S/c1-44(2,3)39(41(62)57-17-9-12-33(57)40(61)55-23-26-10-7-6-8-11-26)56-35(60)25-64-18-19-65-34-16-14-27(20-30(34)47)38-31(48)21-29(24-54-38)59-43(66)58(42(63)45(59,4)5)32-15-13-28(22-53)36(37(32)49)46(50,51)52/h6-8,10-11,13-16,20-21,24,33,39H,9,12,17-19,23,25H2,1-5H3,(H,55,61)(H,56,60)/t33-,39+/m0/s1. The number of pyridine rings is 1. The van der Waals surface area contributed by atoms with Gasteiger partial charge in [-0.25, -0.2) is 13.2 Å². The number of aromatic nitrogens is 1. The van der Waals surface area contributed by atoms with E-state index >= 15 is 13.2 Å². The quantitative estimate of drug-likeness (QED) is 0.0753. The van der Waals surface area contributed by atoms with Crippen molar-refractivity contribution in [3.63, 3.8) is 0 Å². The molecule has 0 aliphatic carbocycles. The molecule has 348 valence electrons. The minimum absolute atomic E-state index is 0.0202. The second kappa shape index (κ2) is 19.5. The van der Waals surface area contributed by atoms with Crippen molar-refractivity contribution in [2.45, 2.75) is 77.8 Å². The molecular formula is C46H45F6N7O6S. The summed E-state index contributed by atoms with van der Waals surface area (Å²) in [6.07, 6.45) is -3.07. The summed E-state index contributed by atoms with van der Waals surface area (Å²) in [5, 5.41) is 14.3. The van der Waals surface area contributed by atoms with Gasteiger partial charge in [-0.2, -0.15) is 18.4 Å². The maximum Gasteiger partial charge on any atom is 0.420 e. The second-order valence-corrected chi connectivity index (χ2v) is 17.4. The van der Waals surface area contributed by atoms with E-state index in [1.54, 1.807) is 20.8 Å². The molecule has 0 saturated carbocycles. The first-order valence-corrected chi connectivity index (χ1v) is 21.0. The van der Waals surface area contributed by atoms with Crippen molar-refractivity contribution in [3.8, 4) is 23.1 Å². The van der Waals surface area contributed by atoms with Crippen molar-refractivity contribution in [1.82, 2.24) is 20.5 Å². The molecule has 3 aromatic carbocycles. The number of carbonyl (C=O) groups excluding carboxylic acids is 4. The predicted octanol–water partition coefficient (Wildman–Crippen LogP) is 7.21. The van der Waals surface area contributed by atoms with Gasteiger partial charge in [0, 0.05) is 24.7 Å². The molecule has 66 heavy (non-hydrogen) atoms. The summed E-state index contributed by atoms with van der Waals surface area (Å²) in [6.45, 7) is 7.89. The van der Waals surface area contributed by atoms with Crippen LogP contribution in [0.5, 0.6) is 5.75 Å². The number of halogens is 6. The van der Waals surface area contributed by atoms with Gasteiger partial charge in [0.15, 0.2) is 28.3 Å². The van der Waals surface area contributed by atoms with Gasteiger partial charge in [0.05, 0.1) is 35.8 Å². The third-order valence-corrected chi connectivity index (χ3v) is 11.4. The third-order valence-electron chi connectivity index (χ3n) is 11.0. The maximum absolute atomic E-state index is 15.7. The lowest BCUT2D eigenvalue weighted by molar-refractivity contribution is -0.144. The maximum atomic E-state index is 15.7. The number of anilines is 2. The van der Waals surface area contributed by atoms with Gasteiger partial charge in [0.2, 0.25) is 17.7 Å². The Balaban J connectivity index is 1.03. The summed E-state index contributed by atoms with van der Waals surface area (Å²) < 4.78 is 98.6. The van der Waals surface area contributed by atoms with Crippen LogP contribution < -0.4 is 25.2 Å². The monoisotopic (exact) mass is 937 g/mol.